The fourth-order valence-electron chi connectivity index (χ4n) is 3.25. The van der Waals surface area contributed by atoms with Crippen LogP contribution in [0.5, 0.6) is 0 Å². The summed E-state index contributed by atoms with van der Waals surface area (Å²) in [6.07, 6.45) is 3.36. The van der Waals surface area contributed by atoms with Crippen molar-refractivity contribution in [3.8, 4) is 0 Å². The SMILES string of the molecule is Cc1c(Br)cc(/C=N\Nc2ccc(C(=O)O)cc2)cc1Br.Cc1c(Br)cc(/C=N\Nc2cccc(C(=O)O)c2)cc1Br. The molecule has 42 heavy (non-hydrogen) atoms. The van der Waals surface area contributed by atoms with Crippen LogP contribution in [-0.2, 0) is 0 Å². The van der Waals surface area contributed by atoms with Crippen molar-refractivity contribution in [1.82, 2.24) is 0 Å². The van der Waals surface area contributed by atoms with Crippen molar-refractivity contribution in [3.63, 3.8) is 0 Å². The number of aromatic carboxylic acids is 2. The van der Waals surface area contributed by atoms with Gasteiger partial charge in [-0.1, -0.05) is 69.8 Å². The molecule has 0 saturated carbocycles. The van der Waals surface area contributed by atoms with Crippen LogP contribution in [0.25, 0.3) is 0 Å². The van der Waals surface area contributed by atoms with Crippen LogP contribution in [-0.4, -0.2) is 34.6 Å². The summed E-state index contributed by atoms with van der Waals surface area (Å²) < 4.78 is 3.99. The molecule has 4 rings (SSSR count). The zero-order chi connectivity index (χ0) is 30.8. The first-order valence-electron chi connectivity index (χ1n) is 12.1. The monoisotopic (exact) mass is 820 g/mol. The van der Waals surface area contributed by atoms with Gasteiger partial charge >= 0.3 is 11.9 Å². The van der Waals surface area contributed by atoms with E-state index < -0.39 is 11.9 Å². The summed E-state index contributed by atoms with van der Waals surface area (Å²) in [5, 5.41) is 26.0. The maximum absolute atomic E-state index is 10.9. The average Bonchev–Trinajstić information content (AvgIpc) is 2.95. The zero-order valence-corrected chi connectivity index (χ0v) is 28.5. The van der Waals surface area contributed by atoms with Gasteiger partial charge in [-0.3, -0.25) is 10.9 Å². The molecular formula is C30H24Br4N4O4. The van der Waals surface area contributed by atoms with Gasteiger partial charge in [0.25, 0.3) is 0 Å². The largest absolute Gasteiger partial charge is 0.478 e. The van der Waals surface area contributed by atoms with Crippen LogP contribution in [0.1, 0.15) is 43.0 Å². The Morgan fingerprint density at radius 3 is 1.48 bits per heavy atom. The summed E-state index contributed by atoms with van der Waals surface area (Å²) in [6.45, 7) is 4.02. The molecule has 0 aliphatic rings. The lowest BCUT2D eigenvalue weighted by atomic mass is 10.2. The first-order valence-corrected chi connectivity index (χ1v) is 15.3. The van der Waals surface area contributed by atoms with Gasteiger partial charge in [-0.25, -0.2) is 9.59 Å². The fourth-order valence-corrected chi connectivity index (χ4v) is 5.69. The molecule has 8 nitrogen and oxygen atoms in total. The summed E-state index contributed by atoms with van der Waals surface area (Å²) in [5.74, 6) is -1.91. The highest BCUT2D eigenvalue weighted by Gasteiger charge is 2.04. The van der Waals surface area contributed by atoms with Crippen molar-refractivity contribution in [2.45, 2.75) is 13.8 Å². The lowest BCUT2D eigenvalue weighted by molar-refractivity contribution is 0.0686. The second-order valence-electron chi connectivity index (χ2n) is 8.73. The van der Waals surface area contributed by atoms with Crippen LogP contribution in [0.2, 0.25) is 0 Å². The van der Waals surface area contributed by atoms with Crippen LogP contribution in [0.3, 0.4) is 0 Å². The molecule has 216 valence electrons. The minimum absolute atomic E-state index is 0.219. The lowest BCUT2D eigenvalue weighted by Gasteiger charge is -2.04. The van der Waals surface area contributed by atoms with Crippen LogP contribution < -0.4 is 10.9 Å². The summed E-state index contributed by atoms with van der Waals surface area (Å²) >= 11 is 13.9. The Kier molecular flexibility index (Phi) is 12.5. The van der Waals surface area contributed by atoms with Gasteiger partial charge in [0.05, 0.1) is 34.9 Å². The number of carboxylic acids is 2. The molecule has 4 aromatic carbocycles. The second-order valence-corrected chi connectivity index (χ2v) is 12.1. The Hall–Kier alpha value is -3.32. The van der Waals surface area contributed by atoms with Crippen molar-refractivity contribution >= 4 is 99.5 Å². The highest BCUT2D eigenvalue weighted by atomic mass is 79.9. The van der Waals surface area contributed by atoms with Crippen molar-refractivity contribution in [2.24, 2.45) is 10.2 Å². The van der Waals surface area contributed by atoms with E-state index in [1.54, 1.807) is 36.7 Å². The predicted octanol–water partition coefficient (Wildman–Crippen LogP) is 9.33. The number of carbonyl (C=O) groups is 2. The van der Waals surface area contributed by atoms with Gasteiger partial charge in [-0.15, -0.1) is 0 Å². The molecule has 0 bridgehead atoms. The third-order valence-corrected chi connectivity index (χ3v) is 8.96. The van der Waals surface area contributed by atoms with Gasteiger partial charge in [-0.05, 0) is 103 Å². The molecule has 0 fully saturated rings. The third-order valence-electron chi connectivity index (χ3n) is 5.66. The quantitative estimate of drug-likeness (QED) is 0.104. The number of halogens is 4. The van der Waals surface area contributed by atoms with E-state index >= 15 is 0 Å². The number of benzene rings is 4. The molecule has 0 atom stereocenters. The van der Waals surface area contributed by atoms with Gasteiger partial charge < -0.3 is 10.2 Å². The van der Waals surface area contributed by atoms with E-state index in [2.05, 4.69) is 84.8 Å². The van der Waals surface area contributed by atoms with Crippen molar-refractivity contribution in [2.75, 3.05) is 10.9 Å². The number of anilines is 2. The Morgan fingerprint density at radius 1 is 0.619 bits per heavy atom. The number of hydrogen-bond acceptors (Lipinski definition) is 6. The number of carboxylic acid groups (broad SMARTS) is 2. The van der Waals surface area contributed by atoms with E-state index in [0.717, 1.165) is 45.8 Å². The maximum atomic E-state index is 10.9. The molecule has 0 aromatic heterocycles. The van der Waals surface area contributed by atoms with E-state index in [0.29, 0.717) is 5.69 Å². The van der Waals surface area contributed by atoms with Gasteiger partial charge in [-0.2, -0.15) is 10.2 Å². The van der Waals surface area contributed by atoms with Crippen LogP contribution in [0, 0.1) is 13.8 Å². The number of nitrogens with one attached hydrogen (secondary N) is 2. The van der Waals surface area contributed by atoms with Gasteiger partial charge in [0.1, 0.15) is 0 Å². The van der Waals surface area contributed by atoms with E-state index in [-0.39, 0.29) is 11.1 Å². The maximum Gasteiger partial charge on any atom is 0.335 e. The molecule has 0 heterocycles. The molecule has 0 saturated heterocycles. The predicted molar refractivity (Wildman–Crippen MR) is 182 cm³/mol. The van der Waals surface area contributed by atoms with E-state index in [1.807, 2.05) is 38.1 Å². The third kappa shape index (κ3) is 9.90. The smallest absolute Gasteiger partial charge is 0.335 e. The van der Waals surface area contributed by atoms with E-state index in [9.17, 15) is 9.59 Å². The number of nitrogens with zero attached hydrogens (tertiary/aromatic N) is 2. The van der Waals surface area contributed by atoms with Crippen LogP contribution in [0.15, 0.2) is 101 Å². The summed E-state index contributed by atoms with van der Waals surface area (Å²) in [5.41, 5.74) is 11.6. The number of hydrazone groups is 2. The van der Waals surface area contributed by atoms with Crippen molar-refractivity contribution in [3.05, 3.63) is 124 Å². The zero-order valence-electron chi connectivity index (χ0n) is 22.2. The normalized spacial score (nSPS) is 10.8. The second kappa shape index (κ2) is 15.8. The molecule has 4 N–H and O–H groups in total. The number of rotatable bonds is 8. The van der Waals surface area contributed by atoms with Gasteiger partial charge in [0, 0.05) is 17.9 Å². The van der Waals surface area contributed by atoms with E-state index in [4.69, 9.17) is 10.2 Å². The van der Waals surface area contributed by atoms with Crippen molar-refractivity contribution in [1.29, 1.82) is 0 Å². The highest BCUT2D eigenvalue weighted by molar-refractivity contribution is 9.11. The topological polar surface area (TPSA) is 123 Å². The van der Waals surface area contributed by atoms with Crippen LogP contribution in [0.4, 0.5) is 11.4 Å². The first kappa shape index (κ1) is 33.2. The molecule has 12 heteroatoms. The van der Waals surface area contributed by atoms with Gasteiger partial charge in [0.2, 0.25) is 0 Å². The Bertz CT molecular complexity index is 1610. The number of hydrogen-bond donors (Lipinski definition) is 4. The molecular weight excluding hydrogens is 800 g/mol. The average molecular weight is 824 g/mol. The molecule has 4 aromatic rings. The molecule has 0 aliphatic carbocycles. The van der Waals surface area contributed by atoms with Gasteiger partial charge in [0.15, 0.2) is 0 Å². The summed E-state index contributed by atoms with van der Waals surface area (Å²) in [6, 6.07) is 20.7. The first-order chi connectivity index (χ1) is 19.9. The van der Waals surface area contributed by atoms with Crippen molar-refractivity contribution < 1.29 is 19.8 Å². The highest BCUT2D eigenvalue weighted by Crippen LogP contribution is 2.26. The molecule has 0 aliphatic heterocycles. The van der Waals surface area contributed by atoms with E-state index in [1.165, 1.54) is 24.3 Å². The Labute approximate surface area is 276 Å². The lowest BCUT2D eigenvalue weighted by Crippen LogP contribution is -1.97. The minimum Gasteiger partial charge on any atom is -0.478 e. The standard InChI is InChI=1S/2C15H12Br2N2O2/c1-9-13(16)6-10(7-14(9)17)8-18-19-12-4-2-11(3-5-12)15(20)21;1-9-13(16)5-10(6-14(9)17)8-18-19-12-4-2-3-11(7-12)15(20)21/h2*2-8,19H,1H3,(H,20,21)/b2*18-8-. The Morgan fingerprint density at radius 2 is 1.05 bits per heavy atom. The fraction of sp³-hybridized carbons (Fsp3) is 0.0667. The molecule has 0 spiro atoms. The summed E-state index contributed by atoms with van der Waals surface area (Å²) in [7, 11) is 0. The molecule has 0 amide bonds. The van der Waals surface area contributed by atoms with Crippen LogP contribution >= 0.6 is 63.7 Å². The Balaban J connectivity index is 0.000000230. The summed E-state index contributed by atoms with van der Waals surface area (Å²) in [4.78, 5) is 21.6. The molecule has 0 unspecified atom stereocenters. The molecule has 0 radical (unpaired) electrons. The minimum atomic E-state index is -0.964.